The Morgan fingerprint density at radius 1 is 0.931 bits per heavy atom. The van der Waals surface area contributed by atoms with Crippen LogP contribution in [-0.2, 0) is 16.0 Å². The van der Waals surface area contributed by atoms with E-state index in [-0.39, 0.29) is 24.7 Å². The van der Waals surface area contributed by atoms with E-state index in [4.69, 9.17) is 4.74 Å². The largest absolute Gasteiger partial charge is 0.362 e. The zero-order valence-corrected chi connectivity index (χ0v) is 18.7. The van der Waals surface area contributed by atoms with Gasteiger partial charge in [-0.1, -0.05) is 87.9 Å². The van der Waals surface area contributed by atoms with Gasteiger partial charge in [-0.2, -0.15) is 0 Å². The summed E-state index contributed by atoms with van der Waals surface area (Å²) in [6.45, 7) is 10.3. The molecule has 0 saturated carbocycles. The van der Waals surface area contributed by atoms with E-state index in [0.717, 1.165) is 25.7 Å². The van der Waals surface area contributed by atoms with Crippen molar-refractivity contribution in [2.24, 2.45) is 0 Å². The monoisotopic (exact) mass is 395 g/mol. The molecule has 2 saturated heterocycles. The van der Waals surface area contributed by atoms with E-state index < -0.39 is 0 Å². The van der Waals surface area contributed by atoms with Gasteiger partial charge in [0.2, 0.25) is 5.91 Å². The average molecular weight is 396 g/mol. The minimum absolute atomic E-state index is 0.0139. The molecular formula is C26H37NO2. The zero-order valence-electron chi connectivity index (χ0n) is 18.7. The van der Waals surface area contributed by atoms with Gasteiger partial charge in [0.15, 0.2) is 0 Å². The van der Waals surface area contributed by atoms with Gasteiger partial charge in [-0.25, -0.2) is 0 Å². The van der Waals surface area contributed by atoms with E-state index in [9.17, 15) is 4.79 Å². The quantitative estimate of drug-likeness (QED) is 0.625. The topological polar surface area (TPSA) is 29.5 Å². The van der Waals surface area contributed by atoms with Crippen LogP contribution in [0.2, 0.25) is 0 Å². The highest BCUT2D eigenvalue weighted by Crippen LogP contribution is 2.39. The molecule has 0 N–H and O–H groups in total. The van der Waals surface area contributed by atoms with Crippen LogP contribution in [0, 0.1) is 6.92 Å². The van der Waals surface area contributed by atoms with Crippen molar-refractivity contribution in [3.8, 4) is 0 Å². The summed E-state index contributed by atoms with van der Waals surface area (Å²) in [5.41, 5.74) is 3.79. The first-order chi connectivity index (χ1) is 14.2. The van der Waals surface area contributed by atoms with Crippen LogP contribution in [0.15, 0.2) is 54.6 Å². The van der Waals surface area contributed by atoms with Crippen molar-refractivity contribution < 1.29 is 9.53 Å². The normalized spacial score (nSPS) is 22.7. The number of morpholine rings is 1. The van der Waals surface area contributed by atoms with Crippen molar-refractivity contribution >= 4 is 5.91 Å². The lowest BCUT2D eigenvalue weighted by Crippen LogP contribution is -2.50. The Balaban J connectivity index is 0.000000707. The Bertz CT molecular complexity index is 726. The molecule has 2 aromatic rings. The fourth-order valence-corrected chi connectivity index (χ4v) is 4.28. The highest BCUT2D eigenvalue weighted by atomic mass is 16.5. The SMILES string of the molecule is CC.CC.Cc1ccc([C@@H]2OCC(=O)N3[C@H](CCc4ccccc4)CC[C@@H]23)cc1. The van der Waals surface area contributed by atoms with Gasteiger partial charge < -0.3 is 9.64 Å². The molecule has 0 aliphatic carbocycles. The van der Waals surface area contributed by atoms with Crippen LogP contribution in [0.5, 0.6) is 0 Å². The zero-order chi connectivity index (χ0) is 21.2. The number of aryl methyl sites for hydroxylation is 2. The van der Waals surface area contributed by atoms with Crippen molar-refractivity contribution in [1.29, 1.82) is 0 Å². The maximum absolute atomic E-state index is 12.5. The predicted molar refractivity (Wildman–Crippen MR) is 121 cm³/mol. The van der Waals surface area contributed by atoms with Crippen LogP contribution in [0.4, 0.5) is 0 Å². The van der Waals surface area contributed by atoms with Crippen LogP contribution in [0.3, 0.4) is 0 Å². The molecule has 2 aliphatic heterocycles. The molecule has 0 spiro atoms. The molecule has 2 aromatic carbocycles. The van der Waals surface area contributed by atoms with Crippen LogP contribution < -0.4 is 0 Å². The van der Waals surface area contributed by atoms with Crippen LogP contribution in [-0.4, -0.2) is 29.5 Å². The van der Waals surface area contributed by atoms with E-state index in [1.54, 1.807) is 0 Å². The van der Waals surface area contributed by atoms with E-state index in [0.29, 0.717) is 6.04 Å². The van der Waals surface area contributed by atoms with Crippen LogP contribution >= 0.6 is 0 Å². The van der Waals surface area contributed by atoms with E-state index in [2.05, 4.69) is 60.4 Å². The third-order valence-corrected chi connectivity index (χ3v) is 5.59. The molecule has 29 heavy (non-hydrogen) atoms. The Hall–Kier alpha value is -2.13. The number of benzene rings is 2. The Labute approximate surface area is 177 Å². The number of hydrogen-bond acceptors (Lipinski definition) is 2. The Morgan fingerprint density at radius 3 is 2.24 bits per heavy atom. The maximum atomic E-state index is 12.5. The highest BCUT2D eigenvalue weighted by molar-refractivity contribution is 5.79. The van der Waals surface area contributed by atoms with Gasteiger partial charge in [-0.15, -0.1) is 0 Å². The molecule has 0 radical (unpaired) electrons. The average Bonchev–Trinajstić information content (AvgIpc) is 3.22. The lowest BCUT2D eigenvalue weighted by molar-refractivity contribution is -0.157. The number of fused-ring (bicyclic) bond motifs is 1. The number of hydrogen-bond donors (Lipinski definition) is 0. The third-order valence-electron chi connectivity index (χ3n) is 5.59. The van der Waals surface area contributed by atoms with Gasteiger partial charge in [0, 0.05) is 6.04 Å². The second kappa shape index (κ2) is 11.8. The fraction of sp³-hybridized carbons (Fsp3) is 0.500. The van der Waals surface area contributed by atoms with Crippen LogP contribution in [0.25, 0.3) is 0 Å². The number of amides is 1. The highest BCUT2D eigenvalue weighted by Gasteiger charge is 2.44. The lowest BCUT2D eigenvalue weighted by Gasteiger charge is -2.39. The molecular weight excluding hydrogens is 358 g/mol. The fourth-order valence-electron chi connectivity index (χ4n) is 4.28. The molecule has 4 rings (SSSR count). The summed E-state index contributed by atoms with van der Waals surface area (Å²) in [5, 5.41) is 0. The van der Waals surface area contributed by atoms with Gasteiger partial charge in [-0.05, 0) is 43.7 Å². The number of carbonyl (C=O) groups excluding carboxylic acids is 1. The summed E-state index contributed by atoms with van der Waals surface area (Å²) in [6, 6.07) is 19.6. The van der Waals surface area contributed by atoms with Crippen molar-refractivity contribution in [3.63, 3.8) is 0 Å². The number of ether oxygens (including phenoxy) is 1. The molecule has 0 bridgehead atoms. The van der Waals surface area contributed by atoms with Gasteiger partial charge in [0.25, 0.3) is 0 Å². The standard InChI is InChI=1S/C22H25NO2.2C2H6/c1-16-7-10-18(11-8-16)22-20-14-13-19(23(20)21(24)15-25-22)12-9-17-5-3-2-4-6-17;2*1-2/h2-8,10-11,19-20,22H,9,12-15H2,1H3;2*1-2H3/t19-,20+,22+;;/m1../s1. The van der Waals surface area contributed by atoms with Crippen molar-refractivity contribution in [2.75, 3.05) is 6.61 Å². The molecule has 2 heterocycles. The van der Waals surface area contributed by atoms with E-state index >= 15 is 0 Å². The van der Waals surface area contributed by atoms with Crippen molar-refractivity contribution in [3.05, 3.63) is 71.3 Å². The first kappa shape index (κ1) is 23.2. The third kappa shape index (κ3) is 5.70. The molecule has 0 aromatic heterocycles. The smallest absolute Gasteiger partial charge is 0.249 e. The second-order valence-electron chi connectivity index (χ2n) is 7.27. The molecule has 158 valence electrons. The van der Waals surface area contributed by atoms with Gasteiger partial charge in [0.05, 0.1) is 6.04 Å². The molecule has 3 atom stereocenters. The van der Waals surface area contributed by atoms with Gasteiger partial charge >= 0.3 is 0 Å². The van der Waals surface area contributed by atoms with Gasteiger partial charge in [-0.3, -0.25) is 4.79 Å². The number of nitrogens with zero attached hydrogens (tertiary/aromatic N) is 1. The summed E-state index contributed by atoms with van der Waals surface area (Å²) < 4.78 is 5.95. The minimum atomic E-state index is 0.0139. The predicted octanol–water partition coefficient (Wildman–Crippen LogP) is 6.11. The summed E-state index contributed by atoms with van der Waals surface area (Å²) in [7, 11) is 0. The van der Waals surface area contributed by atoms with E-state index in [1.807, 2.05) is 33.8 Å². The van der Waals surface area contributed by atoms with E-state index in [1.165, 1.54) is 16.7 Å². The van der Waals surface area contributed by atoms with Crippen molar-refractivity contribution in [1.82, 2.24) is 4.90 Å². The maximum Gasteiger partial charge on any atom is 0.249 e. The summed E-state index contributed by atoms with van der Waals surface area (Å²) in [6.07, 6.45) is 4.18. The number of rotatable bonds is 4. The Morgan fingerprint density at radius 2 is 1.59 bits per heavy atom. The summed E-state index contributed by atoms with van der Waals surface area (Å²) in [4.78, 5) is 14.7. The molecule has 3 nitrogen and oxygen atoms in total. The number of carbonyl (C=O) groups is 1. The van der Waals surface area contributed by atoms with Crippen LogP contribution in [0.1, 0.15) is 69.8 Å². The summed E-state index contributed by atoms with van der Waals surface area (Å²) in [5.74, 6) is 0.156. The molecule has 2 aliphatic rings. The second-order valence-corrected chi connectivity index (χ2v) is 7.27. The molecule has 1 amide bonds. The minimum Gasteiger partial charge on any atom is -0.362 e. The Kier molecular flexibility index (Phi) is 9.40. The lowest BCUT2D eigenvalue weighted by atomic mass is 9.98. The summed E-state index contributed by atoms with van der Waals surface area (Å²) >= 11 is 0. The van der Waals surface area contributed by atoms with Gasteiger partial charge in [0.1, 0.15) is 12.7 Å². The molecule has 0 unspecified atom stereocenters. The first-order valence-corrected chi connectivity index (χ1v) is 11.3. The molecule has 3 heteroatoms. The molecule has 2 fully saturated rings. The first-order valence-electron chi connectivity index (χ1n) is 11.3. The van der Waals surface area contributed by atoms with Crippen molar-refractivity contribution in [2.45, 2.75) is 78.5 Å².